The average molecular weight is 950 g/mol. The minimum absolute atomic E-state index is 0. The molecule has 0 bridgehead atoms. The molecule has 0 unspecified atom stereocenters. The molecular formula is C44H44N6O4RuS4. The number of thiophene rings is 2. The molecule has 306 valence electrons. The van der Waals surface area contributed by atoms with Crippen LogP contribution in [0.4, 0.5) is 0 Å². The molecule has 0 atom stereocenters. The van der Waals surface area contributed by atoms with Crippen molar-refractivity contribution in [2.75, 3.05) is 0 Å². The molecule has 10 nitrogen and oxygen atoms in total. The Hall–Kier alpha value is -4.84. The summed E-state index contributed by atoms with van der Waals surface area (Å²) < 4.78 is 0. The molecule has 59 heavy (non-hydrogen) atoms. The topological polar surface area (TPSA) is 171 Å². The van der Waals surface area contributed by atoms with Crippen LogP contribution < -0.4 is 0 Å². The maximum absolute atomic E-state index is 10.8. The van der Waals surface area contributed by atoms with E-state index in [9.17, 15) is 9.59 Å². The van der Waals surface area contributed by atoms with Gasteiger partial charge in [0.25, 0.3) is 0 Å². The van der Waals surface area contributed by atoms with Gasteiger partial charge in [-0.25, -0.2) is 9.59 Å². The molecule has 0 radical (unpaired) electrons. The van der Waals surface area contributed by atoms with E-state index in [1.54, 1.807) is 0 Å². The summed E-state index contributed by atoms with van der Waals surface area (Å²) in [4.78, 5) is 44.5. The Labute approximate surface area is 377 Å². The van der Waals surface area contributed by atoms with Crippen LogP contribution in [0.5, 0.6) is 0 Å². The standard InChI is InChI=1S/C30H36N2S2.C12H8N2O4.2CNS.Ru/c1-3-5-7-9-11-25-13-15-29(33-25)23-17-19-31-27(21-23)28-22-24(18-20-32-28)30-16-14-26(34-30)12-10-8-6-4-2;15-11(16)7-1-3-13-9(5-7)10-6-8(12(17)18)2-4-14-10;2*2-1-3;/h13-22H,3-12H2,1-2H3;1-6H,(H,15,16)(H,17,18);;;/q;;2*-1;+2. The number of thiocarbonyl (C=S) groups is 2. The molecular weight excluding hydrogens is 906 g/mol. The van der Waals surface area contributed by atoms with Crippen LogP contribution in [-0.2, 0) is 32.3 Å². The summed E-state index contributed by atoms with van der Waals surface area (Å²) in [5.41, 5.74) is 5.11. The van der Waals surface area contributed by atoms with E-state index in [4.69, 9.17) is 21.0 Å². The number of rotatable bonds is 16. The van der Waals surface area contributed by atoms with Crippen LogP contribution in [0.2, 0.25) is 0 Å². The van der Waals surface area contributed by atoms with Crippen molar-refractivity contribution in [3.8, 4) is 43.7 Å². The fraction of sp³-hybridized carbons (Fsp3) is 0.273. The second kappa shape index (κ2) is 28.6. The number of pyridine rings is 4. The van der Waals surface area contributed by atoms with Crippen molar-refractivity contribution in [1.29, 1.82) is 0 Å². The fourth-order valence-electron chi connectivity index (χ4n) is 5.64. The summed E-state index contributed by atoms with van der Waals surface area (Å²) in [7, 11) is 0. The van der Waals surface area contributed by atoms with Gasteiger partial charge in [0.05, 0.1) is 33.9 Å². The van der Waals surface area contributed by atoms with Crippen molar-refractivity contribution in [2.24, 2.45) is 0 Å². The van der Waals surface area contributed by atoms with E-state index in [0.29, 0.717) is 11.4 Å². The van der Waals surface area contributed by atoms with E-state index in [2.05, 4.69) is 107 Å². The van der Waals surface area contributed by atoms with Gasteiger partial charge in [0, 0.05) is 44.3 Å². The Balaban J connectivity index is 0.000000403. The number of carboxylic acid groups (broad SMARTS) is 2. The van der Waals surface area contributed by atoms with Crippen molar-refractivity contribution in [1.82, 2.24) is 19.9 Å². The van der Waals surface area contributed by atoms with E-state index >= 15 is 0 Å². The maximum Gasteiger partial charge on any atom is 2.00 e. The first-order chi connectivity index (χ1) is 28.2. The smallest absolute Gasteiger partial charge is 0.753 e. The largest absolute Gasteiger partial charge is 2.00 e. The first kappa shape index (κ1) is 50.3. The second-order valence-corrected chi connectivity index (χ2v) is 15.4. The van der Waals surface area contributed by atoms with Gasteiger partial charge in [-0.15, -0.1) is 22.7 Å². The number of isothiocyanates is 2. The molecule has 6 heterocycles. The zero-order valence-electron chi connectivity index (χ0n) is 32.7. The number of aryl methyl sites for hydroxylation is 2. The van der Waals surface area contributed by atoms with Gasteiger partial charge in [0.2, 0.25) is 0 Å². The number of carboxylic acids is 2. The SMILES string of the molecule is CCCCCCc1ccc(-c2ccnc(-c3cc(-c4ccc(CCCCCC)s4)ccn3)c2)s1.O=C(O)c1ccnc(-c2cc(C(=O)O)ccn2)c1.[N-]=C=S.[N-]=C=S.[Ru+2]. The van der Waals surface area contributed by atoms with E-state index in [-0.39, 0.29) is 30.6 Å². The molecule has 0 aliphatic rings. The molecule has 0 amide bonds. The van der Waals surface area contributed by atoms with Gasteiger partial charge in [0.15, 0.2) is 0 Å². The van der Waals surface area contributed by atoms with Crippen LogP contribution in [0, 0.1) is 0 Å². The average Bonchev–Trinajstić information content (AvgIpc) is 3.93. The zero-order chi connectivity index (χ0) is 42.1. The van der Waals surface area contributed by atoms with Crippen LogP contribution in [0.1, 0.15) is 95.7 Å². The molecule has 6 aromatic heterocycles. The Morgan fingerprint density at radius 3 is 1.24 bits per heavy atom. The molecule has 0 fully saturated rings. The fourth-order valence-corrected chi connectivity index (χ4v) is 7.73. The second-order valence-electron chi connectivity index (χ2n) is 12.7. The van der Waals surface area contributed by atoms with E-state index in [1.165, 1.54) is 142 Å². The van der Waals surface area contributed by atoms with Crippen molar-refractivity contribution in [2.45, 2.75) is 78.1 Å². The molecule has 0 aliphatic heterocycles. The molecule has 15 heteroatoms. The van der Waals surface area contributed by atoms with Crippen LogP contribution in [0.25, 0.3) is 54.5 Å². The summed E-state index contributed by atoms with van der Waals surface area (Å²) in [6.45, 7) is 4.53. The van der Waals surface area contributed by atoms with Crippen molar-refractivity contribution in [3.63, 3.8) is 0 Å². The molecule has 0 spiro atoms. The minimum atomic E-state index is -1.08. The van der Waals surface area contributed by atoms with Gasteiger partial charge in [0.1, 0.15) is 0 Å². The molecule has 6 rings (SSSR count). The Morgan fingerprint density at radius 1 is 0.559 bits per heavy atom. The first-order valence-corrected chi connectivity index (χ1v) is 21.1. The number of hydrogen-bond acceptors (Lipinski definition) is 10. The summed E-state index contributed by atoms with van der Waals surface area (Å²) in [5.74, 6) is -2.15. The van der Waals surface area contributed by atoms with Gasteiger partial charge in [-0.3, -0.25) is 19.9 Å². The molecule has 0 aromatic carbocycles. The number of hydrogen-bond donors (Lipinski definition) is 2. The third-order valence-corrected chi connectivity index (χ3v) is 10.9. The van der Waals surface area contributed by atoms with Crippen molar-refractivity contribution >= 4 is 69.4 Å². The molecule has 6 aromatic rings. The summed E-state index contributed by atoms with van der Waals surface area (Å²) >= 11 is 11.2. The molecule has 2 N–H and O–H groups in total. The van der Waals surface area contributed by atoms with E-state index in [0.717, 1.165) is 11.4 Å². The Kier molecular flexibility index (Phi) is 24.4. The molecule has 0 saturated heterocycles. The molecule has 0 saturated carbocycles. The monoisotopic (exact) mass is 950 g/mol. The predicted octanol–water partition coefficient (Wildman–Crippen LogP) is 12.7. The number of carbonyl (C=O) groups is 2. The van der Waals surface area contributed by atoms with E-state index in [1.807, 2.05) is 35.1 Å². The van der Waals surface area contributed by atoms with Gasteiger partial charge < -0.3 is 21.0 Å². The minimum Gasteiger partial charge on any atom is -0.753 e. The van der Waals surface area contributed by atoms with Crippen LogP contribution >= 0.6 is 47.1 Å². The first-order valence-electron chi connectivity index (χ1n) is 18.7. The van der Waals surface area contributed by atoms with Crippen molar-refractivity contribution < 1.29 is 39.3 Å². The normalized spacial score (nSPS) is 9.80. The Morgan fingerprint density at radius 2 is 0.898 bits per heavy atom. The number of aromatic nitrogens is 4. The summed E-state index contributed by atoms with van der Waals surface area (Å²) in [6, 6.07) is 23.1. The molecule has 0 aliphatic carbocycles. The van der Waals surface area contributed by atoms with Crippen molar-refractivity contribution in [3.05, 3.63) is 129 Å². The van der Waals surface area contributed by atoms with Gasteiger partial charge in [-0.05, 0) is 110 Å². The third-order valence-electron chi connectivity index (χ3n) is 8.50. The van der Waals surface area contributed by atoms with Crippen LogP contribution in [0.15, 0.2) is 97.6 Å². The Bertz CT molecular complexity index is 2130. The third kappa shape index (κ3) is 17.5. The number of nitrogens with zero attached hydrogens (tertiary/aromatic N) is 6. The summed E-state index contributed by atoms with van der Waals surface area (Å²) in [5, 5.41) is 34.6. The van der Waals surface area contributed by atoms with E-state index < -0.39 is 11.9 Å². The van der Waals surface area contributed by atoms with Gasteiger partial charge >= 0.3 is 31.4 Å². The maximum atomic E-state index is 10.8. The van der Waals surface area contributed by atoms with Gasteiger partial charge in [-0.1, -0.05) is 76.8 Å². The number of aromatic carboxylic acids is 2. The van der Waals surface area contributed by atoms with Crippen LogP contribution in [0.3, 0.4) is 0 Å². The predicted molar refractivity (Wildman–Crippen MR) is 243 cm³/mol. The number of unbranched alkanes of at least 4 members (excludes halogenated alkanes) is 6. The zero-order valence-corrected chi connectivity index (χ0v) is 37.7. The quantitative estimate of drug-likeness (QED) is 0.0412. The summed E-state index contributed by atoms with van der Waals surface area (Å²) in [6.07, 6.45) is 19.4. The van der Waals surface area contributed by atoms with Crippen LogP contribution in [-0.4, -0.2) is 52.4 Å². The van der Waals surface area contributed by atoms with Gasteiger partial charge in [-0.2, -0.15) is 10.3 Å².